The minimum absolute atomic E-state index is 0.719. The summed E-state index contributed by atoms with van der Waals surface area (Å²) >= 11 is 0. The van der Waals surface area contributed by atoms with Crippen LogP contribution >= 0.6 is 0 Å². The fraction of sp³-hybridized carbons (Fsp3) is 1.00. The maximum Gasteiger partial charge on any atom is 0.00896 e. The minimum atomic E-state index is 0.719. The van der Waals surface area contributed by atoms with Crippen molar-refractivity contribution in [2.45, 2.75) is 51.6 Å². The molecule has 15 heavy (non-hydrogen) atoms. The molecule has 0 N–H and O–H groups in total. The molecule has 0 radical (unpaired) electrons. The fourth-order valence-electron chi connectivity index (χ4n) is 3.23. The molecule has 0 aromatic carbocycles. The van der Waals surface area contributed by atoms with Gasteiger partial charge in [0.1, 0.15) is 0 Å². The third-order valence-electron chi connectivity index (χ3n) is 4.55. The van der Waals surface area contributed by atoms with Gasteiger partial charge in [0.25, 0.3) is 0 Å². The van der Waals surface area contributed by atoms with E-state index in [-0.39, 0.29) is 0 Å². The van der Waals surface area contributed by atoms with Crippen LogP contribution in [0.4, 0.5) is 0 Å². The number of rotatable bonds is 2. The number of likely N-dealkylation sites (tertiary alicyclic amines) is 1. The summed E-state index contributed by atoms with van der Waals surface area (Å²) in [4.78, 5) is 5.03. The largest absolute Gasteiger partial charge is 0.306 e. The van der Waals surface area contributed by atoms with Crippen LogP contribution < -0.4 is 0 Å². The smallest absolute Gasteiger partial charge is 0.00896 e. The zero-order valence-corrected chi connectivity index (χ0v) is 10.8. The van der Waals surface area contributed by atoms with Gasteiger partial charge >= 0.3 is 0 Å². The third-order valence-corrected chi connectivity index (χ3v) is 4.55. The molecule has 2 rings (SSSR count). The van der Waals surface area contributed by atoms with Gasteiger partial charge in [-0.05, 0) is 59.0 Å². The molecule has 0 bridgehead atoms. The highest BCUT2D eigenvalue weighted by molar-refractivity contribution is 4.99. The Labute approximate surface area is 94.6 Å². The Morgan fingerprint density at radius 2 is 1.67 bits per heavy atom. The van der Waals surface area contributed by atoms with Gasteiger partial charge in [-0.3, -0.25) is 4.90 Å². The van der Waals surface area contributed by atoms with Crippen molar-refractivity contribution >= 4 is 0 Å². The van der Waals surface area contributed by atoms with Crippen LogP contribution in [0.15, 0.2) is 0 Å². The first kappa shape index (κ1) is 11.4. The van der Waals surface area contributed by atoms with Crippen LogP contribution in [0.1, 0.15) is 39.5 Å². The zero-order chi connectivity index (χ0) is 11.1. The Balaban J connectivity index is 1.80. The van der Waals surface area contributed by atoms with Crippen molar-refractivity contribution in [3.8, 4) is 0 Å². The molecule has 88 valence electrons. The average Bonchev–Trinajstić information content (AvgIpc) is 2.13. The van der Waals surface area contributed by atoms with Gasteiger partial charge < -0.3 is 4.90 Å². The molecular formula is C13H26N2. The molecule has 0 aromatic rings. The average molecular weight is 210 g/mol. The highest BCUT2D eigenvalue weighted by Gasteiger charge is 2.45. The van der Waals surface area contributed by atoms with Crippen molar-refractivity contribution in [1.82, 2.24) is 9.80 Å². The van der Waals surface area contributed by atoms with Crippen molar-refractivity contribution in [3.05, 3.63) is 0 Å². The van der Waals surface area contributed by atoms with Crippen molar-refractivity contribution in [3.63, 3.8) is 0 Å². The summed E-state index contributed by atoms with van der Waals surface area (Å²) < 4.78 is 0. The summed E-state index contributed by atoms with van der Waals surface area (Å²) in [5, 5.41) is 0. The Morgan fingerprint density at radius 1 is 1.13 bits per heavy atom. The summed E-state index contributed by atoms with van der Waals surface area (Å²) in [5.74, 6) is 0. The van der Waals surface area contributed by atoms with Gasteiger partial charge in [0.15, 0.2) is 0 Å². The van der Waals surface area contributed by atoms with E-state index in [0.29, 0.717) is 0 Å². The Hall–Kier alpha value is -0.0800. The summed E-state index contributed by atoms with van der Waals surface area (Å²) in [6.45, 7) is 7.37. The van der Waals surface area contributed by atoms with E-state index in [9.17, 15) is 0 Å². The molecule has 2 heteroatoms. The van der Waals surface area contributed by atoms with E-state index in [0.717, 1.165) is 17.5 Å². The van der Waals surface area contributed by atoms with Gasteiger partial charge in [-0.25, -0.2) is 0 Å². The topological polar surface area (TPSA) is 6.48 Å². The summed E-state index contributed by atoms with van der Waals surface area (Å²) in [6, 6.07) is 1.60. The molecule has 0 amide bonds. The maximum atomic E-state index is 2.62. The zero-order valence-electron chi connectivity index (χ0n) is 10.8. The molecular weight excluding hydrogens is 184 g/mol. The molecule has 0 aromatic heterocycles. The van der Waals surface area contributed by atoms with Crippen LogP contribution in [0.5, 0.6) is 0 Å². The van der Waals surface area contributed by atoms with Crippen molar-refractivity contribution < 1.29 is 0 Å². The second kappa shape index (κ2) is 4.06. The predicted molar refractivity (Wildman–Crippen MR) is 65.1 cm³/mol. The van der Waals surface area contributed by atoms with E-state index < -0.39 is 0 Å². The fourth-order valence-corrected chi connectivity index (χ4v) is 3.23. The monoisotopic (exact) mass is 210 g/mol. The molecule has 1 spiro atoms. The van der Waals surface area contributed by atoms with Crippen LogP contribution in [0.25, 0.3) is 0 Å². The van der Waals surface area contributed by atoms with E-state index in [4.69, 9.17) is 0 Å². The quantitative estimate of drug-likeness (QED) is 0.689. The van der Waals surface area contributed by atoms with Gasteiger partial charge in [-0.1, -0.05) is 0 Å². The minimum Gasteiger partial charge on any atom is -0.306 e. The first-order valence-corrected chi connectivity index (χ1v) is 6.43. The number of nitrogens with zero attached hydrogens (tertiary/aromatic N) is 2. The molecule has 1 saturated carbocycles. The summed E-state index contributed by atoms with van der Waals surface area (Å²) in [7, 11) is 4.45. The lowest BCUT2D eigenvalue weighted by Gasteiger charge is -2.55. The lowest BCUT2D eigenvalue weighted by molar-refractivity contribution is -0.0576. The molecule has 2 aliphatic rings. The maximum absolute atomic E-state index is 2.62. The van der Waals surface area contributed by atoms with E-state index in [2.05, 4.69) is 37.7 Å². The van der Waals surface area contributed by atoms with Crippen molar-refractivity contribution in [1.29, 1.82) is 0 Å². The van der Waals surface area contributed by atoms with Gasteiger partial charge in [0.2, 0.25) is 0 Å². The lowest BCUT2D eigenvalue weighted by atomic mass is 9.67. The third kappa shape index (κ3) is 2.21. The SMILES string of the molecule is CC(C)N1CC2(CCC(N(C)C)CC2)C1. The van der Waals surface area contributed by atoms with E-state index in [1.807, 2.05) is 0 Å². The van der Waals surface area contributed by atoms with Crippen LogP contribution in [0.3, 0.4) is 0 Å². The second-order valence-corrected chi connectivity index (χ2v) is 6.19. The van der Waals surface area contributed by atoms with Crippen molar-refractivity contribution in [2.24, 2.45) is 5.41 Å². The van der Waals surface area contributed by atoms with E-state index in [1.165, 1.54) is 38.8 Å². The molecule has 1 aliphatic carbocycles. The summed E-state index contributed by atoms with van der Waals surface area (Å²) in [6.07, 6.45) is 5.75. The van der Waals surface area contributed by atoms with Crippen LogP contribution in [-0.4, -0.2) is 49.1 Å². The van der Waals surface area contributed by atoms with Gasteiger partial charge in [-0.2, -0.15) is 0 Å². The lowest BCUT2D eigenvalue weighted by Crippen LogP contribution is -2.60. The molecule has 1 saturated heterocycles. The molecule has 2 fully saturated rings. The molecule has 0 unspecified atom stereocenters. The molecule has 0 atom stereocenters. The van der Waals surface area contributed by atoms with Crippen LogP contribution in [0.2, 0.25) is 0 Å². The van der Waals surface area contributed by atoms with Crippen LogP contribution in [0, 0.1) is 5.41 Å². The number of hydrogen-bond donors (Lipinski definition) is 0. The molecule has 1 heterocycles. The normalized spacial score (nSPS) is 27.6. The standard InChI is InChI=1S/C13H26N2/c1-11(2)15-9-13(10-15)7-5-12(6-8-13)14(3)4/h11-12H,5-10H2,1-4H3. The van der Waals surface area contributed by atoms with Crippen LogP contribution in [-0.2, 0) is 0 Å². The van der Waals surface area contributed by atoms with Gasteiger partial charge in [-0.15, -0.1) is 0 Å². The highest BCUT2D eigenvalue weighted by atomic mass is 15.2. The van der Waals surface area contributed by atoms with Gasteiger partial charge in [0, 0.05) is 25.2 Å². The first-order chi connectivity index (χ1) is 7.02. The molecule has 1 aliphatic heterocycles. The number of hydrogen-bond acceptors (Lipinski definition) is 2. The Bertz CT molecular complexity index is 207. The van der Waals surface area contributed by atoms with Gasteiger partial charge in [0.05, 0.1) is 0 Å². The highest BCUT2D eigenvalue weighted by Crippen LogP contribution is 2.45. The Morgan fingerprint density at radius 3 is 2.07 bits per heavy atom. The Kier molecular flexibility index (Phi) is 3.09. The first-order valence-electron chi connectivity index (χ1n) is 6.43. The van der Waals surface area contributed by atoms with E-state index in [1.54, 1.807) is 0 Å². The molecule has 2 nitrogen and oxygen atoms in total. The second-order valence-electron chi connectivity index (χ2n) is 6.19. The van der Waals surface area contributed by atoms with Crippen molar-refractivity contribution in [2.75, 3.05) is 27.2 Å². The van der Waals surface area contributed by atoms with E-state index >= 15 is 0 Å². The predicted octanol–water partition coefficient (Wildman–Crippen LogP) is 2.20. The summed E-state index contributed by atoms with van der Waals surface area (Å²) in [5.41, 5.74) is 0.719.